The average molecular weight is 373 g/mol. The quantitative estimate of drug-likeness (QED) is 0.794. The van der Waals surface area contributed by atoms with Gasteiger partial charge in [-0.3, -0.25) is 9.59 Å². The molecule has 2 rings (SSSR count). The van der Waals surface area contributed by atoms with Gasteiger partial charge in [-0.15, -0.1) is 12.6 Å². The summed E-state index contributed by atoms with van der Waals surface area (Å²) < 4.78 is 6.19. The lowest BCUT2D eigenvalue weighted by molar-refractivity contribution is -0.130. The Balaban J connectivity index is 2.24. The van der Waals surface area contributed by atoms with Gasteiger partial charge in [-0.2, -0.15) is 0 Å². The number of carbonyl (C=O) groups excluding carboxylic acids is 2. The van der Waals surface area contributed by atoms with Crippen LogP contribution >= 0.6 is 28.6 Å². The Morgan fingerprint density at radius 1 is 1.52 bits per heavy atom. The predicted molar refractivity (Wildman–Crippen MR) is 85.7 cm³/mol. The molecule has 0 aromatic heterocycles. The molecule has 1 N–H and O–H groups in total. The van der Waals surface area contributed by atoms with Crippen molar-refractivity contribution < 1.29 is 14.3 Å². The molecule has 5 nitrogen and oxygen atoms in total. The summed E-state index contributed by atoms with van der Waals surface area (Å²) in [6.07, 6.45) is 0. The van der Waals surface area contributed by atoms with Crippen LogP contribution in [0.15, 0.2) is 27.6 Å². The molecule has 2 amide bonds. The van der Waals surface area contributed by atoms with Crippen molar-refractivity contribution in [1.29, 1.82) is 0 Å². The van der Waals surface area contributed by atoms with E-state index in [1.165, 1.54) is 0 Å². The fourth-order valence-electron chi connectivity index (χ4n) is 2.20. The van der Waals surface area contributed by atoms with Crippen molar-refractivity contribution in [2.45, 2.75) is 17.9 Å². The van der Waals surface area contributed by atoms with E-state index in [1.54, 1.807) is 23.1 Å². The van der Waals surface area contributed by atoms with E-state index in [-0.39, 0.29) is 18.4 Å². The number of rotatable bonds is 3. The van der Waals surface area contributed by atoms with Crippen molar-refractivity contribution in [3.8, 4) is 0 Å². The van der Waals surface area contributed by atoms with E-state index in [4.69, 9.17) is 4.74 Å². The van der Waals surface area contributed by atoms with Gasteiger partial charge in [0.2, 0.25) is 5.91 Å². The molecule has 0 spiro atoms. The number of hydrogen-bond acceptors (Lipinski definition) is 4. The van der Waals surface area contributed by atoms with Gasteiger partial charge in [0, 0.05) is 22.5 Å². The van der Waals surface area contributed by atoms with Crippen LogP contribution in [-0.2, 0) is 9.53 Å². The minimum atomic E-state index is -0.595. The van der Waals surface area contributed by atoms with Gasteiger partial charge in [0.25, 0.3) is 5.91 Å². The fourth-order valence-corrected chi connectivity index (χ4v) is 3.04. The van der Waals surface area contributed by atoms with E-state index >= 15 is 0 Å². The largest absolute Gasteiger partial charge is 0.377 e. The zero-order valence-corrected chi connectivity index (χ0v) is 14.1. The minimum absolute atomic E-state index is 0.191. The van der Waals surface area contributed by atoms with Crippen molar-refractivity contribution in [3.63, 3.8) is 0 Å². The number of nitrogens with one attached hydrogen (secondary N) is 1. The normalized spacial score (nSPS) is 18.4. The van der Waals surface area contributed by atoms with Crippen LogP contribution in [0.5, 0.6) is 0 Å². The molecule has 0 aliphatic carbocycles. The van der Waals surface area contributed by atoms with Gasteiger partial charge in [0.1, 0.15) is 6.04 Å². The summed E-state index contributed by atoms with van der Waals surface area (Å²) in [6, 6.07) is 4.66. The maximum Gasteiger partial charge on any atom is 0.255 e. The number of carbonyl (C=O) groups is 2. The van der Waals surface area contributed by atoms with E-state index < -0.39 is 6.04 Å². The van der Waals surface area contributed by atoms with Gasteiger partial charge in [-0.25, -0.2) is 0 Å². The van der Waals surface area contributed by atoms with Crippen LogP contribution in [-0.4, -0.2) is 49.1 Å². The summed E-state index contributed by atoms with van der Waals surface area (Å²) in [5.74, 6) is -0.393. The molecule has 0 saturated carbocycles. The van der Waals surface area contributed by atoms with Gasteiger partial charge in [0.05, 0.1) is 18.8 Å². The number of ether oxygens (including phenoxy) is 1. The second-order valence-electron chi connectivity index (χ2n) is 4.65. The third-order valence-electron chi connectivity index (χ3n) is 3.23. The number of likely N-dealkylation sites (N-methyl/N-ethyl adjacent to an activating group) is 1. The van der Waals surface area contributed by atoms with Gasteiger partial charge in [-0.05, 0) is 25.1 Å². The molecule has 1 aliphatic heterocycles. The highest BCUT2D eigenvalue weighted by molar-refractivity contribution is 9.10. The third kappa shape index (κ3) is 3.78. The summed E-state index contributed by atoms with van der Waals surface area (Å²) >= 11 is 7.68. The Morgan fingerprint density at radius 2 is 2.29 bits per heavy atom. The molecular weight excluding hydrogens is 356 g/mol. The number of nitrogens with zero attached hydrogens (tertiary/aromatic N) is 1. The zero-order valence-electron chi connectivity index (χ0n) is 11.6. The van der Waals surface area contributed by atoms with Crippen molar-refractivity contribution in [1.82, 2.24) is 10.2 Å². The molecule has 1 fully saturated rings. The maximum absolute atomic E-state index is 12.7. The van der Waals surface area contributed by atoms with E-state index in [0.717, 1.165) is 4.47 Å². The first-order chi connectivity index (χ1) is 10.0. The van der Waals surface area contributed by atoms with E-state index in [0.29, 0.717) is 30.2 Å². The zero-order chi connectivity index (χ0) is 15.4. The van der Waals surface area contributed by atoms with Crippen LogP contribution in [0.3, 0.4) is 0 Å². The Labute approximate surface area is 137 Å². The number of thiol groups is 1. The van der Waals surface area contributed by atoms with Gasteiger partial charge in [-0.1, -0.05) is 15.9 Å². The van der Waals surface area contributed by atoms with Gasteiger partial charge < -0.3 is 15.0 Å². The van der Waals surface area contributed by atoms with Crippen molar-refractivity contribution in [2.75, 3.05) is 26.3 Å². The number of amides is 2. The lowest BCUT2D eigenvalue weighted by Crippen LogP contribution is -2.55. The minimum Gasteiger partial charge on any atom is -0.377 e. The highest BCUT2D eigenvalue weighted by atomic mass is 79.9. The van der Waals surface area contributed by atoms with Crippen LogP contribution in [0, 0.1) is 0 Å². The van der Waals surface area contributed by atoms with Crippen LogP contribution < -0.4 is 5.32 Å². The maximum atomic E-state index is 12.7. The predicted octanol–water partition coefficient (Wildman–Crippen LogP) is 1.71. The van der Waals surface area contributed by atoms with E-state index in [1.807, 2.05) is 6.92 Å². The Hall–Kier alpha value is -1.05. The summed E-state index contributed by atoms with van der Waals surface area (Å²) in [7, 11) is 0. The molecule has 114 valence electrons. The SMILES string of the molecule is CCNC(=O)C1COCCN1C(=O)c1ccc(Br)cc1S. The van der Waals surface area contributed by atoms with Gasteiger partial charge in [0.15, 0.2) is 0 Å². The standard InChI is InChI=1S/C14H17BrN2O3S/c1-2-16-13(18)11-8-20-6-5-17(11)14(19)10-4-3-9(15)7-12(10)21/h3-4,7,11,21H,2,5-6,8H2,1H3,(H,16,18). The smallest absolute Gasteiger partial charge is 0.255 e. The molecule has 1 aromatic carbocycles. The summed E-state index contributed by atoms with van der Waals surface area (Å²) in [4.78, 5) is 26.9. The van der Waals surface area contributed by atoms with Crippen molar-refractivity contribution in [2.24, 2.45) is 0 Å². The number of morpholine rings is 1. The summed E-state index contributed by atoms with van der Waals surface area (Å²) in [6.45, 7) is 3.40. The van der Waals surface area contributed by atoms with Crippen molar-refractivity contribution >= 4 is 40.4 Å². The summed E-state index contributed by atoms with van der Waals surface area (Å²) in [5.41, 5.74) is 0.484. The van der Waals surface area contributed by atoms with E-state index in [9.17, 15) is 9.59 Å². The lowest BCUT2D eigenvalue weighted by atomic mass is 10.1. The number of hydrogen-bond donors (Lipinski definition) is 2. The first kappa shape index (κ1) is 16.3. The first-order valence-corrected chi connectivity index (χ1v) is 7.93. The molecule has 0 radical (unpaired) electrons. The molecule has 1 aliphatic rings. The highest BCUT2D eigenvalue weighted by Gasteiger charge is 2.33. The first-order valence-electron chi connectivity index (χ1n) is 6.69. The number of benzene rings is 1. The molecule has 1 saturated heterocycles. The van der Waals surface area contributed by atoms with Crippen LogP contribution in [0.25, 0.3) is 0 Å². The van der Waals surface area contributed by atoms with Crippen LogP contribution in [0.4, 0.5) is 0 Å². The van der Waals surface area contributed by atoms with E-state index in [2.05, 4.69) is 33.9 Å². The molecule has 21 heavy (non-hydrogen) atoms. The molecule has 1 aromatic rings. The summed E-state index contributed by atoms with van der Waals surface area (Å²) in [5, 5.41) is 2.74. The Morgan fingerprint density at radius 3 is 2.95 bits per heavy atom. The Bertz CT molecular complexity index is 553. The van der Waals surface area contributed by atoms with Crippen LogP contribution in [0.2, 0.25) is 0 Å². The monoisotopic (exact) mass is 372 g/mol. The average Bonchev–Trinajstić information content (AvgIpc) is 2.47. The Kier molecular flexibility index (Phi) is 5.66. The third-order valence-corrected chi connectivity index (χ3v) is 4.10. The molecule has 1 heterocycles. The second kappa shape index (κ2) is 7.29. The molecule has 1 atom stereocenters. The second-order valence-corrected chi connectivity index (χ2v) is 6.04. The van der Waals surface area contributed by atoms with Crippen LogP contribution in [0.1, 0.15) is 17.3 Å². The van der Waals surface area contributed by atoms with Crippen molar-refractivity contribution in [3.05, 3.63) is 28.2 Å². The molecule has 0 bridgehead atoms. The topological polar surface area (TPSA) is 58.6 Å². The molecule has 7 heteroatoms. The number of halogens is 1. The highest BCUT2D eigenvalue weighted by Crippen LogP contribution is 2.22. The lowest BCUT2D eigenvalue weighted by Gasteiger charge is -2.34. The van der Waals surface area contributed by atoms with Gasteiger partial charge >= 0.3 is 0 Å². The molecule has 1 unspecified atom stereocenters. The fraction of sp³-hybridized carbons (Fsp3) is 0.429. The molecular formula is C14H17BrN2O3S.